The van der Waals surface area contributed by atoms with Gasteiger partial charge in [0.05, 0.1) is 7.11 Å². The van der Waals surface area contributed by atoms with Crippen molar-refractivity contribution in [1.82, 2.24) is 0 Å². The van der Waals surface area contributed by atoms with Gasteiger partial charge in [0.1, 0.15) is 5.82 Å². The minimum Gasteiger partial charge on any atom is -0.467 e. The van der Waals surface area contributed by atoms with E-state index in [9.17, 15) is 9.18 Å². The predicted molar refractivity (Wildman–Crippen MR) is 81.2 cm³/mol. The third kappa shape index (κ3) is 3.86. The number of rotatable bonds is 4. The molecule has 0 radical (unpaired) electrons. The molecule has 0 saturated carbocycles. The predicted octanol–water partition coefficient (Wildman–Crippen LogP) is 4.46. The first-order chi connectivity index (χ1) is 10.0. The number of anilines is 1. The lowest BCUT2D eigenvalue weighted by Crippen LogP contribution is -2.22. The Hall–Kier alpha value is -1.78. The molecule has 0 aliphatic heterocycles. The van der Waals surface area contributed by atoms with Crippen LogP contribution in [0.1, 0.15) is 11.6 Å². The molecule has 0 amide bonds. The maximum Gasteiger partial charge on any atom is 0.333 e. The van der Waals surface area contributed by atoms with Crippen LogP contribution in [0.15, 0.2) is 42.5 Å². The molecule has 2 aromatic rings. The highest BCUT2D eigenvalue weighted by Crippen LogP contribution is 2.29. The maximum atomic E-state index is 12.9. The summed E-state index contributed by atoms with van der Waals surface area (Å²) in [4.78, 5) is 12.0. The van der Waals surface area contributed by atoms with Gasteiger partial charge in [-0.3, -0.25) is 0 Å². The fourth-order valence-electron chi connectivity index (χ4n) is 1.83. The monoisotopic (exact) mass is 327 g/mol. The van der Waals surface area contributed by atoms with Crippen molar-refractivity contribution in [2.24, 2.45) is 0 Å². The highest BCUT2D eigenvalue weighted by molar-refractivity contribution is 6.35. The Kier molecular flexibility index (Phi) is 5.04. The van der Waals surface area contributed by atoms with Gasteiger partial charge in [-0.2, -0.15) is 0 Å². The highest BCUT2D eigenvalue weighted by Gasteiger charge is 2.23. The molecule has 6 heteroatoms. The van der Waals surface area contributed by atoms with Gasteiger partial charge < -0.3 is 10.1 Å². The van der Waals surface area contributed by atoms with E-state index in [1.54, 1.807) is 18.2 Å². The number of methoxy groups -OCH3 is 1. The number of esters is 1. The van der Waals surface area contributed by atoms with Gasteiger partial charge in [0.25, 0.3) is 0 Å². The molecule has 110 valence electrons. The molecule has 2 aromatic carbocycles. The van der Waals surface area contributed by atoms with Gasteiger partial charge in [-0.05, 0) is 36.4 Å². The number of nitrogens with one attached hydrogen (secondary N) is 1. The van der Waals surface area contributed by atoms with Crippen LogP contribution >= 0.6 is 23.2 Å². The second-order valence-corrected chi connectivity index (χ2v) is 5.12. The Labute approximate surface area is 131 Å². The van der Waals surface area contributed by atoms with Crippen LogP contribution in [0.25, 0.3) is 0 Å². The van der Waals surface area contributed by atoms with Crippen molar-refractivity contribution in [3.05, 3.63) is 63.9 Å². The molecule has 0 aliphatic rings. The van der Waals surface area contributed by atoms with E-state index in [0.717, 1.165) is 0 Å². The summed E-state index contributed by atoms with van der Waals surface area (Å²) in [6.45, 7) is 0. The van der Waals surface area contributed by atoms with Gasteiger partial charge in [-0.25, -0.2) is 9.18 Å². The Morgan fingerprint density at radius 2 is 1.86 bits per heavy atom. The lowest BCUT2D eigenvalue weighted by molar-refractivity contribution is -0.141. The van der Waals surface area contributed by atoms with Gasteiger partial charge in [0, 0.05) is 21.3 Å². The molecular weight excluding hydrogens is 316 g/mol. The van der Waals surface area contributed by atoms with Crippen LogP contribution in [0.5, 0.6) is 0 Å². The van der Waals surface area contributed by atoms with Crippen molar-refractivity contribution in [1.29, 1.82) is 0 Å². The summed E-state index contributed by atoms with van der Waals surface area (Å²) in [6, 6.07) is 9.63. The fraction of sp³-hybridized carbons (Fsp3) is 0.133. The smallest absolute Gasteiger partial charge is 0.333 e. The molecule has 0 bridgehead atoms. The van der Waals surface area contributed by atoms with Crippen molar-refractivity contribution < 1.29 is 13.9 Å². The Bertz CT molecular complexity index is 647. The van der Waals surface area contributed by atoms with Crippen LogP contribution in [-0.4, -0.2) is 13.1 Å². The van der Waals surface area contributed by atoms with Crippen molar-refractivity contribution in [2.75, 3.05) is 12.4 Å². The molecule has 0 heterocycles. The highest BCUT2D eigenvalue weighted by atomic mass is 35.5. The van der Waals surface area contributed by atoms with Crippen LogP contribution < -0.4 is 5.32 Å². The Morgan fingerprint density at radius 1 is 1.19 bits per heavy atom. The Morgan fingerprint density at radius 3 is 2.43 bits per heavy atom. The van der Waals surface area contributed by atoms with Crippen molar-refractivity contribution >= 4 is 34.9 Å². The van der Waals surface area contributed by atoms with E-state index in [1.165, 1.54) is 31.4 Å². The third-order valence-corrected chi connectivity index (χ3v) is 3.43. The summed E-state index contributed by atoms with van der Waals surface area (Å²) in [5.74, 6) is -0.872. The van der Waals surface area contributed by atoms with E-state index in [4.69, 9.17) is 27.9 Å². The number of hydrogen-bond donors (Lipinski definition) is 1. The molecule has 0 fully saturated rings. The molecule has 1 N–H and O–H groups in total. The normalized spacial score (nSPS) is 11.8. The molecule has 3 nitrogen and oxygen atoms in total. The van der Waals surface area contributed by atoms with Crippen LogP contribution in [-0.2, 0) is 9.53 Å². The van der Waals surface area contributed by atoms with Gasteiger partial charge in [-0.15, -0.1) is 0 Å². The maximum absolute atomic E-state index is 12.9. The zero-order valence-electron chi connectivity index (χ0n) is 11.1. The number of halogens is 3. The summed E-state index contributed by atoms with van der Waals surface area (Å²) in [5, 5.41) is 3.77. The molecule has 0 saturated heterocycles. The molecule has 1 atom stereocenters. The van der Waals surface area contributed by atoms with Gasteiger partial charge in [-0.1, -0.05) is 29.3 Å². The number of ether oxygens (including phenoxy) is 1. The molecule has 0 aliphatic carbocycles. The van der Waals surface area contributed by atoms with Gasteiger partial charge >= 0.3 is 5.97 Å². The quantitative estimate of drug-likeness (QED) is 0.842. The zero-order valence-corrected chi connectivity index (χ0v) is 12.6. The van der Waals surface area contributed by atoms with Crippen LogP contribution in [0.4, 0.5) is 10.1 Å². The standard InChI is InChI=1S/C15H12Cl2FNO2/c1-21-15(20)14(12-7-2-9(16)8-13(12)17)19-11-5-3-10(18)4-6-11/h2-8,14,19H,1H3. The largest absolute Gasteiger partial charge is 0.467 e. The minimum absolute atomic E-state index is 0.340. The fourth-order valence-corrected chi connectivity index (χ4v) is 2.35. The average molecular weight is 328 g/mol. The van der Waals surface area contributed by atoms with Crippen molar-refractivity contribution in [3.63, 3.8) is 0 Å². The number of carbonyl (C=O) groups excluding carboxylic acids is 1. The summed E-state index contributed by atoms with van der Waals surface area (Å²) >= 11 is 12.0. The molecule has 1 unspecified atom stereocenters. The summed E-state index contributed by atoms with van der Waals surface area (Å²) in [6.07, 6.45) is 0. The zero-order chi connectivity index (χ0) is 15.4. The molecule has 21 heavy (non-hydrogen) atoms. The first-order valence-corrected chi connectivity index (χ1v) is 6.81. The number of benzene rings is 2. The first-order valence-electron chi connectivity index (χ1n) is 6.06. The summed E-state index contributed by atoms with van der Waals surface area (Å²) in [5.41, 5.74) is 1.09. The van der Waals surface area contributed by atoms with E-state index in [1.807, 2.05) is 0 Å². The number of hydrogen-bond acceptors (Lipinski definition) is 3. The van der Waals surface area contributed by atoms with Crippen LogP contribution in [0.3, 0.4) is 0 Å². The van der Waals surface area contributed by atoms with Crippen LogP contribution in [0, 0.1) is 5.82 Å². The van der Waals surface area contributed by atoms with E-state index >= 15 is 0 Å². The average Bonchev–Trinajstić information content (AvgIpc) is 2.47. The van der Waals surface area contributed by atoms with Crippen molar-refractivity contribution in [3.8, 4) is 0 Å². The van der Waals surface area contributed by atoms with E-state index in [2.05, 4.69) is 5.32 Å². The van der Waals surface area contributed by atoms with Crippen LogP contribution in [0.2, 0.25) is 10.0 Å². The molecular formula is C15H12Cl2FNO2. The van der Waals surface area contributed by atoms with E-state index in [-0.39, 0.29) is 5.82 Å². The third-order valence-electron chi connectivity index (χ3n) is 2.87. The summed E-state index contributed by atoms with van der Waals surface area (Å²) < 4.78 is 17.7. The second-order valence-electron chi connectivity index (χ2n) is 4.27. The lowest BCUT2D eigenvalue weighted by atomic mass is 10.1. The van der Waals surface area contributed by atoms with Gasteiger partial charge in [0.15, 0.2) is 6.04 Å². The SMILES string of the molecule is COC(=O)C(Nc1ccc(F)cc1)c1ccc(Cl)cc1Cl. The number of carbonyl (C=O) groups is 1. The molecule has 0 aromatic heterocycles. The van der Waals surface area contributed by atoms with Gasteiger partial charge in [0.2, 0.25) is 0 Å². The molecule has 0 spiro atoms. The topological polar surface area (TPSA) is 38.3 Å². The second kappa shape index (κ2) is 6.78. The van der Waals surface area contributed by atoms with E-state index < -0.39 is 12.0 Å². The van der Waals surface area contributed by atoms with E-state index in [0.29, 0.717) is 21.3 Å². The summed E-state index contributed by atoms with van der Waals surface area (Å²) in [7, 11) is 1.28. The van der Waals surface area contributed by atoms with Crippen molar-refractivity contribution in [2.45, 2.75) is 6.04 Å². The Balaban J connectivity index is 2.34. The molecule has 2 rings (SSSR count). The lowest BCUT2D eigenvalue weighted by Gasteiger charge is -2.19. The minimum atomic E-state index is -0.815. The first kappa shape index (κ1) is 15.6.